The zero-order valence-corrected chi connectivity index (χ0v) is 11.4. The van der Waals surface area contributed by atoms with Gasteiger partial charge in [-0.1, -0.05) is 42.5 Å². The number of rotatable bonds is 4. The molecule has 0 fully saturated rings. The SMILES string of the molecule is NCC(Cc1cccc2ccccc12)c1nccs1. The molecule has 0 amide bonds. The van der Waals surface area contributed by atoms with Gasteiger partial charge in [0.25, 0.3) is 0 Å². The van der Waals surface area contributed by atoms with Crippen molar-refractivity contribution >= 4 is 22.1 Å². The lowest BCUT2D eigenvalue weighted by atomic mass is 9.95. The third kappa shape index (κ3) is 2.53. The van der Waals surface area contributed by atoms with Crippen LogP contribution in [0.25, 0.3) is 10.8 Å². The van der Waals surface area contributed by atoms with Gasteiger partial charge in [-0.05, 0) is 22.8 Å². The van der Waals surface area contributed by atoms with Crippen molar-refractivity contribution in [2.45, 2.75) is 12.3 Å². The highest BCUT2D eigenvalue weighted by Crippen LogP contribution is 2.26. The van der Waals surface area contributed by atoms with E-state index in [0.717, 1.165) is 11.4 Å². The van der Waals surface area contributed by atoms with Gasteiger partial charge < -0.3 is 5.73 Å². The Kier molecular flexibility index (Phi) is 3.58. The zero-order chi connectivity index (χ0) is 13.1. The van der Waals surface area contributed by atoms with Crippen LogP contribution in [0.1, 0.15) is 16.5 Å². The van der Waals surface area contributed by atoms with Crippen LogP contribution >= 0.6 is 11.3 Å². The van der Waals surface area contributed by atoms with Crippen molar-refractivity contribution in [1.29, 1.82) is 0 Å². The van der Waals surface area contributed by atoms with Crippen LogP contribution < -0.4 is 5.73 Å². The predicted octanol–water partition coefficient (Wildman–Crippen LogP) is 3.58. The van der Waals surface area contributed by atoms with Gasteiger partial charge in [0.05, 0.1) is 5.01 Å². The second-order valence-corrected chi connectivity index (χ2v) is 5.57. The summed E-state index contributed by atoms with van der Waals surface area (Å²) in [5, 5.41) is 5.76. The molecule has 96 valence electrons. The van der Waals surface area contributed by atoms with Crippen molar-refractivity contribution in [2.24, 2.45) is 5.73 Å². The molecule has 0 aliphatic heterocycles. The summed E-state index contributed by atoms with van der Waals surface area (Å²) in [6.07, 6.45) is 2.80. The highest BCUT2D eigenvalue weighted by molar-refractivity contribution is 7.09. The molecular formula is C16H16N2S. The molecule has 0 aliphatic carbocycles. The Labute approximate surface area is 116 Å². The highest BCUT2D eigenvalue weighted by Gasteiger charge is 2.14. The molecule has 0 saturated carbocycles. The standard InChI is InChI=1S/C16H16N2S/c17-11-14(16-18-8-9-19-16)10-13-6-3-5-12-4-1-2-7-15(12)13/h1-9,14H,10-11,17H2. The second kappa shape index (κ2) is 5.51. The van der Waals surface area contributed by atoms with Crippen molar-refractivity contribution in [3.63, 3.8) is 0 Å². The molecule has 3 heteroatoms. The lowest BCUT2D eigenvalue weighted by Crippen LogP contribution is -2.15. The van der Waals surface area contributed by atoms with E-state index < -0.39 is 0 Å². The van der Waals surface area contributed by atoms with Gasteiger partial charge in [0.2, 0.25) is 0 Å². The summed E-state index contributed by atoms with van der Waals surface area (Å²) in [6, 6.07) is 15.0. The molecule has 3 rings (SSSR count). The second-order valence-electron chi connectivity index (χ2n) is 4.65. The van der Waals surface area contributed by atoms with Crippen molar-refractivity contribution < 1.29 is 0 Å². The monoisotopic (exact) mass is 268 g/mol. The summed E-state index contributed by atoms with van der Waals surface area (Å²) < 4.78 is 0. The van der Waals surface area contributed by atoms with Crippen LogP contribution in [-0.4, -0.2) is 11.5 Å². The molecule has 1 aromatic heterocycles. The molecule has 3 aromatic rings. The molecule has 1 unspecified atom stereocenters. The summed E-state index contributed by atoms with van der Waals surface area (Å²) in [7, 11) is 0. The van der Waals surface area contributed by atoms with Crippen molar-refractivity contribution in [3.05, 3.63) is 64.6 Å². The first-order valence-corrected chi connectivity index (χ1v) is 7.32. The zero-order valence-electron chi connectivity index (χ0n) is 10.6. The summed E-state index contributed by atoms with van der Waals surface area (Å²) in [5.74, 6) is 0.311. The molecule has 0 bridgehead atoms. The van der Waals surface area contributed by atoms with E-state index in [1.165, 1.54) is 16.3 Å². The fraction of sp³-hybridized carbons (Fsp3) is 0.188. The van der Waals surface area contributed by atoms with Crippen LogP contribution in [-0.2, 0) is 6.42 Å². The van der Waals surface area contributed by atoms with Crippen molar-refractivity contribution in [1.82, 2.24) is 4.98 Å². The number of nitrogens with zero attached hydrogens (tertiary/aromatic N) is 1. The van der Waals surface area contributed by atoms with Gasteiger partial charge in [-0.2, -0.15) is 0 Å². The molecule has 1 heterocycles. The maximum atomic E-state index is 5.92. The van der Waals surface area contributed by atoms with E-state index in [4.69, 9.17) is 5.73 Å². The third-order valence-corrected chi connectivity index (χ3v) is 4.37. The number of benzene rings is 2. The topological polar surface area (TPSA) is 38.9 Å². The Morgan fingerprint density at radius 3 is 2.74 bits per heavy atom. The van der Waals surface area contributed by atoms with E-state index in [1.807, 2.05) is 11.6 Å². The normalized spacial score (nSPS) is 12.7. The Hall–Kier alpha value is -1.71. The maximum absolute atomic E-state index is 5.92. The van der Waals surface area contributed by atoms with Crippen LogP contribution in [0.2, 0.25) is 0 Å². The molecule has 0 saturated heterocycles. The Bertz CT molecular complexity index is 656. The van der Waals surface area contributed by atoms with E-state index in [0.29, 0.717) is 12.5 Å². The Balaban J connectivity index is 1.96. The quantitative estimate of drug-likeness (QED) is 0.785. The van der Waals surface area contributed by atoms with Gasteiger partial charge in [0.15, 0.2) is 0 Å². The lowest BCUT2D eigenvalue weighted by molar-refractivity contribution is 0.691. The van der Waals surface area contributed by atoms with E-state index in [2.05, 4.69) is 47.4 Å². The van der Waals surface area contributed by atoms with Crippen LogP contribution in [0.5, 0.6) is 0 Å². The predicted molar refractivity (Wildman–Crippen MR) is 81.6 cm³/mol. The lowest BCUT2D eigenvalue weighted by Gasteiger charge is -2.13. The number of hydrogen-bond acceptors (Lipinski definition) is 3. The first-order valence-electron chi connectivity index (χ1n) is 6.44. The van der Waals surface area contributed by atoms with Crippen LogP contribution in [0.3, 0.4) is 0 Å². The molecule has 19 heavy (non-hydrogen) atoms. The van der Waals surface area contributed by atoms with Crippen LogP contribution in [0.4, 0.5) is 0 Å². The molecule has 0 aliphatic rings. The van der Waals surface area contributed by atoms with Gasteiger partial charge >= 0.3 is 0 Å². The van der Waals surface area contributed by atoms with E-state index in [1.54, 1.807) is 11.3 Å². The molecule has 2 nitrogen and oxygen atoms in total. The summed E-state index contributed by atoms with van der Waals surface area (Å²) in [4.78, 5) is 4.40. The molecule has 2 aromatic carbocycles. The van der Waals surface area contributed by atoms with E-state index >= 15 is 0 Å². The molecule has 2 N–H and O–H groups in total. The van der Waals surface area contributed by atoms with Crippen molar-refractivity contribution in [2.75, 3.05) is 6.54 Å². The van der Waals surface area contributed by atoms with Gasteiger partial charge in [-0.25, -0.2) is 4.98 Å². The summed E-state index contributed by atoms with van der Waals surface area (Å²) in [6.45, 7) is 0.636. The average Bonchev–Trinajstić information content (AvgIpc) is 2.99. The Morgan fingerprint density at radius 2 is 1.95 bits per heavy atom. The number of thiazole rings is 1. The molecule has 0 radical (unpaired) electrons. The molecular weight excluding hydrogens is 252 g/mol. The van der Waals surface area contributed by atoms with Crippen LogP contribution in [0, 0.1) is 0 Å². The maximum Gasteiger partial charge on any atom is 0.0971 e. The summed E-state index contributed by atoms with van der Waals surface area (Å²) in [5.41, 5.74) is 7.27. The average molecular weight is 268 g/mol. The first-order chi connectivity index (χ1) is 9.38. The number of hydrogen-bond donors (Lipinski definition) is 1. The third-order valence-electron chi connectivity index (χ3n) is 3.43. The fourth-order valence-corrected chi connectivity index (χ4v) is 3.20. The number of nitrogens with two attached hydrogens (primary N) is 1. The van der Waals surface area contributed by atoms with Gasteiger partial charge in [0.1, 0.15) is 0 Å². The van der Waals surface area contributed by atoms with Gasteiger partial charge in [0, 0.05) is 24.0 Å². The van der Waals surface area contributed by atoms with E-state index in [9.17, 15) is 0 Å². The summed E-state index contributed by atoms with van der Waals surface area (Å²) >= 11 is 1.69. The minimum Gasteiger partial charge on any atom is -0.330 e. The minimum absolute atomic E-state index is 0.311. The van der Waals surface area contributed by atoms with Gasteiger partial charge in [-0.15, -0.1) is 11.3 Å². The van der Waals surface area contributed by atoms with Gasteiger partial charge in [-0.3, -0.25) is 0 Å². The largest absolute Gasteiger partial charge is 0.330 e. The molecule has 0 spiro atoms. The van der Waals surface area contributed by atoms with Crippen LogP contribution in [0.15, 0.2) is 54.0 Å². The number of aromatic nitrogens is 1. The first kappa shape index (κ1) is 12.3. The number of fused-ring (bicyclic) bond motifs is 1. The minimum atomic E-state index is 0.311. The smallest absolute Gasteiger partial charge is 0.0971 e. The van der Waals surface area contributed by atoms with Crippen molar-refractivity contribution in [3.8, 4) is 0 Å². The molecule has 1 atom stereocenters. The van der Waals surface area contributed by atoms with E-state index in [-0.39, 0.29) is 0 Å². The Morgan fingerprint density at radius 1 is 1.11 bits per heavy atom. The fourth-order valence-electron chi connectivity index (χ4n) is 2.44. The highest BCUT2D eigenvalue weighted by atomic mass is 32.1.